The number of hydrogen-bond acceptors (Lipinski definition) is 3. The van der Waals surface area contributed by atoms with Gasteiger partial charge < -0.3 is 10.1 Å². The lowest BCUT2D eigenvalue weighted by Gasteiger charge is -2.13. The molecule has 1 aromatic carbocycles. The third kappa shape index (κ3) is 3.77. The maximum absolute atomic E-state index is 6.28. The molecule has 3 rings (SSSR count). The van der Waals surface area contributed by atoms with Crippen LogP contribution in [0.1, 0.15) is 24.1 Å². The summed E-state index contributed by atoms with van der Waals surface area (Å²) < 4.78 is 7.80. The summed E-state index contributed by atoms with van der Waals surface area (Å²) >= 11 is 6.28. The highest BCUT2D eigenvalue weighted by molar-refractivity contribution is 6.32. The molecule has 5 heteroatoms. The van der Waals surface area contributed by atoms with Gasteiger partial charge in [-0.3, -0.25) is 4.68 Å². The molecule has 1 aliphatic rings. The Hall–Kier alpha value is -1.52. The van der Waals surface area contributed by atoms with Gasteiger partial charge >= 0.3 is 0 Å². The fraction of sp³-hybridized carbons (Fsp3) is 0.438. The maximum atomic E-state index is 6.28. The predicted octanol–water partition coefficient (Wildman–Crippen LogP) is 2.95. The second-order valence-corrected chi connectivity index (χ2v) is 5.84. The van der Waals surface area contributed by atoms with Crippen LogP contribution in [0.5, 0.6) is 5.75 Å². The first-order chi connectivity index (χ1) is 10.2. The summed E-state index contributed by atoms with van der Waals surface area (Å²) in [5, 5.41) is 8.34. The van der Waals surface area contributed by atoms with Crippen LogP contribution in [0.15, 0.2) is 30.5 Å². The predicted molar refractivity (Wildman–Crippen MR) is 83.7 cm³/mol. The van der Waals surface area contributed by atoms with Crippen LogP contribution in [-0.2, 0) is 20.0 Å². The van der Waals surface area contributed by atoms with Crippen molar-refractivity contribution in [1.29, 1.82) is 0 Å². The Morgan fingerprint density at radius 3 is 2.95 bits per heavy atom. The number of nitrogens with zero attached hydrogens (tertiary/aromatic N) is 2. The molecule has 1 N–H and O–H groups in total. The number of benzene rings is 1. The summed E-state index contributed by atoms with van der Waals surface area (Å²) in [5.74, 6) is 0.800. The van der Waals surface area contributed by atoms with Crippen molar-refractivity contribution in [3.8, 4) is 5.75 Å². The van der Waals surface area contributed by atoms with E-state index in [9.17, 15) is 0 Å². The fourth-order valence-electron chi connectivity index (χ4n) is 2.30. The molecular weight excluding hydrogens is 286 g/mol. The van der Waals surface area contributed by atoms with Crippen molar-refractivity contribution in [2.75, 3.05) is 6.61 Å². The van der Waals surface area contributed by atoms with E-state index in [1.54, 1.807) is 6.20 Å². The number of aromatic nitrogens is 2. The molecule has 1 fully saturated rings. The maximum Gasteiger partial charge on any atom is 0.142 e. The van der Waals surface area contributed by atoms with E-state index in [-0.39, 0.29) is 0 Å². The average Bonchev–Trinajstić information content (AvgIpc) is 3.22. The lowest BCUT2D eigenvalue weighted by Crippen LogP contribution is -2.16. The largest absolute Gasteiger partial charge is 0.491 e. The fourth-order valence-corrected chi connectivity index (χ4v) is 2.55. The van der Waals surface area contributed by atoms with Crippen LogP contribution < -0.4 is 10.1 Å². The molecule has 4 nitrogen and oxygen atoms in total. The number of hydrogen-bond donors (Lipinski definition) is 1. The van der Waals surface area contributed by atoms with Gasteiger partial charge in [-0.05, 0) is 25.0 Å². The standard InChI is InChI=1S/C16H20ClN3O/c1-20-14(7-9-19-20)8-10-21-16-12(3-2-4-15(16)17)11-18-13-5-6-13/h2-4,7,9,13,18H,5-6,8,10-11H2,1H3. The number of para-hydroxylation sites is 1. The van der Waals surface area contributed by atoms with Crippen molar-refractivity contribution in [3.63, 3.8) is 0 Å². The zero-order chi connectivity index (χ0) is 14.7. The Balaban J connectivity index is 1.61. The molecule has 21 heavy (non-hydrogen) atoms. The molecule has 0 unspecified atom stereocenters. The zero-order valence-electron chi connectivity index (χ0n) is 12.2. The van der Waals surface area contributed by atoms with Crippen LogP contribution in [0.2, 0.25) is 5.02 Å². The highest BCUT2D eigenvalue weighted by Gasteiger charge is 2.21. The van der Waals surface area contributed by atoms with Gasteiger partial charge in [0.15, 0.2) is 0 Å². The van der Waals surface area contributed by atoms with E-state index in [4.69, 9.17) is 16.3 Å². The highest BCUT2D eigenvalue weighted by atomic mass is 35.5. The summed E-state index contributed by atoms with van der Waals surface area (Å²) in [6, 6.07) is 8.60. The molecule has 1 saturated carbocycles. The first-order valence-electron chi connectivity index (χ1n) is 7.34. The quantitative estimate of drug-likeness (QED) is 0.855. The van der Waals surface area contributed by atoms with Crippen LogP contribution in [0.4, 0.5) is 0 Å². The topological polar surface area (TPSA) is 39.1 Å². The number of nitrogens with one attached hydrogen (secondary N) is 1. The molecule has 0 saturated heterocycles. The third-order valence-corrected chi connectivity index (χ3v) is 4.03. The Labute approximate surface area is 130 Å². The van der Waals surface area contributed by atoms with Crippen LogP contribution in [0.3, 0.4) is 0 Å². The van der Waals surface area contributed by atoms with Gasteiger partial charge in [-0.25, -0.2) is 0 Å². The molecule has 0 radical (unpaired) electrons. The number of ether oxygens (including phenoxy) is 1. The molecular formula is C16H20ClN3O. The Bertz CT molecular complexity index is 607. The molecule has 0 spiro atoms. The van der Waals surface area contributed by atoms with E-state index in [1.165, 1.54) is 12.8 Å². The lowest BCUT2D eigenvalue weighted by atomic mass is 10.2. The van der Waals surface area contributed by atoms with Gasteiger partial charge in [0.2, 0.25) is 0 Å². The van der Waals surface area contributed by atoms with Crippen molar-refractivity contribution >= 4 is 11.6 Å². The molecule has 0 bridgehead atoms. The molecule has 2 aromatic rings. The summed E-state index contributed by atoms with van der Waals surface area (Å²) in [5.41, 5.74) is 2.28. The van der Waals surface area contributed by atoms with E-state index >= 15 is 0 Å². The summed E-state index contributed by atoms with van der Waals surface area (Å²) in [4.78, 5) is 0. The summed E-state index contributed by atoms with van der Waals surface area (Å²) in [6.45, 7) is 1.41. The van der Waals surface area contributed by atoms with Crippen LogP contribution in [-0.4, -0.2) is 22.4 Å². The number of halogens is 1. The minimum absolute atomic E-state index is 0.597. The second-order valence-electron chi connectivity index (χ2n) is 5.43. The SMILES string of the molecule is Cn1nccc1CCOc1c(Cl)cccc1CNC1CC1. The van der Waals surface area contributed by atoms with Crippen molar-refractivity contribution in [1.82, 2.24) is 15.1 Å². The molecule has 1 aromatic heterocycles. The van der Waals surface area contributed by atoms with Gasteiger partial charge in [0, 0.05) is 43.5 Å². The highest BCUT2D eigenvalue weighted by Crippen LogP contribution is 2.29. The van der Waals surface area contributed by atoms with Gasteiger partial charge in [-0.1, -0.05) is 23.7 Å². The van der Waals surface area contributed by atoms with Crippen molar-refractivity contribution in [2.24, 2.45) is 7.05 Å². The van der Waals surface area contributed by atoms with Crippen molar-refractivity contribution in [3.05, 3.63) is 46.7 Å². The van der Waals surface area contributed by atoms with Gasteiger partial charge in [-0.2, -0.15) is 5.10 Å². The average molecular weight is 306 g/mol. The van der Waals surface area contributed by atoms with Crippen molar-refractivity contribution < 1.29 is 4.74 Å². The van der Waals surface area contributed by atoms with Gasteiger partial charge in [0.1, 0.15) is 5.75 Å². The van der Waals surface area contributed by atoms with E-state index in [2.05, 4.69) is 16.5 Å². The lowest BCUT2D eigenvalue weighted by molar-refractivity contribution is 0.314. The van der Waals surface area contributed by atoms with Crippen LogP contribution >= 0.6 is 11.6 Å². The van der Waals surface area contributed by atoms with Gasteiger partial charge in [0.05, 0.1) is 11.6 Å². The van der Waals surface area contributed by atoms with E-state index in [0.717, 1.165) is 30.0 Å². The molecule has 112 valence electrons. The summed E-state index contributed by atoms with van der Waals surface area (Å²) in [6.07, 6.45) is 5.17. The van der Waals surface area contributed by atoms with Gasteiger partial charge in [0.25, 0.3) is 0 Å². The monoisotopic (exact) mass is 305 g/mol. The van der Waals surface area contributed by atoms with E-state index in [0.29, 0.717) is 17.7 Å². The number of rotatable bonds is 7. The minimum Gasteiger partial charge on any atom is -0.491 e. The van der Waals surface area contributed by atoms with Crippen LogP contribution in [0.25, 0.3) is 0 Å². The van der Waals surface area contributed by atoms with E-state index in [1.807, 2.05) is 29.9 Å². The summed E-state index contributed by atoms with van der Waals surface area (Å²) in [7, 11) is 1.94. The minimum atomic E-state index is 0.597. The number of aryl methyl sites for hydroxylation is 1. The second kappa shape index (κ2) is 6.50. The van der Waals surface area contributed by atoms with Crippen molar-refractivity contribution in [2.45, 2.75) is 31.8 Å². The molecule has 0 amide bonds. The third-order valence-electron chi connectivity index (χ3n) is 3.73. The zero-order valence-corrected chi connectivity index (χ0v) is 12.9. The van der Waals surface area contributed by atoms with Gasteiger partial charge in [-0.15, -0.1) is 0 Å². The molecule has 0 atom stereocenters. The Morgan fingerprint density at radius 2 is 2.24 bits per heavy atom. The molecule has 0 aliphatic heterocycles. The first-order valence-corrected chi connectivity index (χ1v) is 7.72. The Morgan fingerprint density at radius 1 is 1.38 bits per heavy atom. The normalized spacial score (nSPS) is 14.4. The van der Waals surface area contributed by atoms with Crippen LogP contribution in [0, 0.1) is 0 Å². The van der Waals surface area contributed by atoms with E-state index < -0.39 is 0 Å². The Kier molecular flexibility index (Phi) is 4.46. The first kappa shape index (κ1) is 14.4. The smallest absolute Gasteiger partial charge is 0.142 e. The molecule has 1 heterocycles. The molecule has 1 aliphatic carbocycles.